The lowest BCUT2D eigenvalue weighted by Gasteiger charge is -2.25. The first-order chi connectivity index (χ1) is 62.8. The van der Waals surface area contributed by atoms with E-state index in [0.29, 0.717) is 88.5 Å². The second-order valence-corrected chi connectivity index (χ2v) is 33.7. The molecule has 690 valence electrons. The van der Waals surface area contributed by atoms with Crippen LogP contribution < -0.4 is 33.7 Å². The van der Waals surface area contributed by atoms with Crippen molar-refractivity contribution in [1.29, 1.82) is 0 Å². The topological polar surface area (TPSA) is 257 Å². The van der Waals surface area contributed by atoms with Gasteiger partial charge in [0.05, 0.1) is 32.8 Å². The molecule has 0 unspecified atom stereocenters. The summed E-state index contributed by atoms with van der Waals surface area (Å²) in [5, 5.41) is 18.6. The molecule has 9 aromatic carbocycles. The van der Waals surface area contributed by atoms with Gasteiger partial charge >= 0.3 is 18.9 Å². The summed E-state index contributed by atoms with van der Waals surface area (Å²) in [6.07, 6.45) is -2.31. The van der Waals surface area contributed by atoms with Crippen LogP contribution in [-0.2, 0) is 57.2 Å². The van der Waals surface area contributed by atoms with E-state index in [1.54, 1.807) is 91.9 Å². The van der Waals surface area contributed by atoms with Crippen LogP contribution in [0, 0.1) is 0 Å². The minimum Gasteiger partial charge on any atom is -0.489 e. The van der Waals surface area contributed by atoms with Gasteiger partial charge in [0.15, 0.2) is 0 Å². The fourth-order valence-corrected chi connectivity index (χ4v) is 15.2. The number of amides is 1. The minimum absolute atomic E-state index is 0.0296. The average molecular weight is 1880 g/mol. The van der Waals surface area contributed by atoms with Crippen molar-refractivity contribution < 1.29 is 110 Å². The summed E-state index contributed by atoms with van der Waals surface area (Å²) in [5.74, 6) is 1.41. The Hall–Kier alpha value is -13.6. The highest BCUT2D eigenvalue weighted by Crippen LogP contribution is 2.41. The van der Waals surface area contributed by atoms with Crippen LogP contribution in [0.2, 0.25) is 0 Å². The quantitative estimate of drug-likeness (QED) is 0.0368. The summed E-state index contributed by atoms with van der Waals surface area (Å²) in [7, 11) is 0. The molecule has 0 saturated heterocycles. The summed E-state index contributed by atoms with van der Waals surface area (Å²) >= 11 is 3.07. The van der Waals surface area contributed by atoms with Crippen molar-refractivity contribution in [2.24, 2.45) is 0 Å². The van der Waals surface area contributed by atoms with Crippen LogP contribution in [0.4, 0.5) is 45.2 Å². The number of halogens is 10. The molecule has 1 amide bonds. The standard InChI is InChI=1S/C28H23F3N2O4.C27H33NO3.C26H24F3NO4.C21H17BrF3NO4/c1-18(34)15-25(26-13-14-37-33-26)20-7-11-24(12-8-20)36-17-19-3-2-4-23(16-19)32-27(35)21-5-9-22(10-6-21)28(29,30)31;1-18(2)23-16-20(7-12-25(23)27(4,5)6)17-30-22-10-8-21(9-11-22)24(15-19(3)29)26-13-14-31-28-26;1-17(31)14-23(24-12-13-33-30-24)20-7-9-21(10-8-20)32-16-18-6-11-22(19-4-2-3-5-19)25(15-18)34-26(27,28)29;1-13(27)10-17(19-8-9-29-26-19)15-3-5-16(6-4-15)28-12-14-2-7-20(18(22)11-14)30-21(23,24)25/h2-14,16,25H,15,17H2,1H3,(H,32,35);7-14,16,18,24H,15,17H2,1-6H3;4,6-13,15,23H,2-3,5,14,16H2,1H3;2-9,11,17H,10,12H2,1H3/t25-;24-;23-;17-/m0000/s1. The van der Waals surface area contributed by atoms with Gasteiger partial charge in [0.25, 0.3) is 5.91 Å². The van der Waals surface area contributed by atoms with Crippen LogP contribution in [0.15, 0.2) is 278 Å². The van der Waals surface area contributed by atoms with Crippen molar-refractivity contribution in [3.8, 4) is 34.5 Å². The van der Waals surface area contributed by atoms with Crippen LogP contribution in [-0.4, -0.2) is 62.4 Å². The molecule has 0 radical (unpaired) electrons. The molecule has 14 rings (SSSR count). The van der Waals surface area contributed by atoms with Gasteiger partial charge in [0.2, 0.25) is 0 Å². The van der Waals surface area contributed by atoms with E-state index in [-0.39, 0.29) is 100.0 Å². The van der Waals surface area contributed by atoms with Gasteiger partial charge in [-0.25, -0.2) is 0 Å². The molecule has 13 aromatic rings. The number of hydrogen-bond acceptors (Lipinski definition) is 19. The highest BCUT2D eigenvalue weighted by Gasteiger charge is 2.35. The molecule has 4 aromatic heterocycles. The van der Waals surface area contributed by atoms with Crippen molar-refractivity contribution in [3.63, 3.8) is 0 Å². The van der Waals surface area contributed by atoms with Crippen molar-refractivity contribution in [1.82, 2.24) is 20.6 Å². The molecule has 1 aliphatic rings. The lowest BCUT2D eigenvalue weighted by molar-refractivity contribution is -0.275. The van der Waals surface area contributed by atoms with Crippen molar-refractivity contribution >= 4 is 56.2 Å². The van der Waals surface area contributed by atoms with Gasteiger partial charge in [0.1, 0.15) is 109 Å². The highest BCUT2D eigenvalue weighted by atomic mass is 79.9. The number of carbonyl (C=O) groups excluding carboxylic acids is 5. The fraction of sp³-hybridized carbons (Fsp3) is 0.284. The molecule has 0 aliphatic heterocycles. The third-order valence-corrected chi connectivity index (χ3v) is 21.7. The molecular weight excluding hydrogens is 1790 g/mol. The smallest absolute Gasteiger partial charge is 0.489 e. The maximum Gasteiger partial charge on any atom is 0.573 e. The van der Waals surface area contributed by atoms with Crippen molar-refractivity contribution in [2.45, 2.75) is 188 Å². The summed E-state index contributed by atoms with van der Waals surface area (Å²) in [5.41, 5.74) is 13.7. The number of nitrogens with one attached hydrogen (secondary N) is 1. The third-order valence-electron chi connectivity index (χ3n) is 21.1. The molecule has 0 bridgehead atoms. The maximum absolute atomic E-state index is 13.0. The van der Waals surface area contributed by atoms with Gasteiger partial charge in [-0.05, 0) is 239 Å². The van der Waals surface area contributed by atoms with E-state index in [9.17, 15) is 63.5 Å². The average Bonchev–Trinajstić information content (AvgIpc) is 1.65. The van der Waals surface area contributed by atoms with Crippen LogP contribution in [0.5, 0.6) is 34.5 Å². The Bertz CT molecular complexity index is 5940. The molecule has 0 fully saturated rings. The zero-order chi connectivity index (χ0) is 94.9. The molecule has 132 heavy (non-hydrogen) atoms. The van der Waals surface area contributed by atoms with E-state index in [2.05, 4.69) is 104 Å². The number of carbonyl (C=O) groups is 5. The molecule has 1 aliphatic carbocycles. The summed E-state index contributed by atoms with van der Waals surface area (Å²) in [6, 6.07) is 63.3. The number of allylic oxidation sites excluding steroid dienone is 2. The van der Waals surface area contributed by atoms with Gasteiger partial charge in [0, 0.05) is 90.4 Å². The highest BCUT2D eigenvalue weighted by molar-refractivity contribution is 9.10. The first-order valence-corrected chi connectivity index (χ1v) is 43.0. The predicted octanol–water partition coefficient (Wildman–Crippen LogP) is 26.3. The number of aromatic nitrogens is 4. The van der Waals surface area contributed by atoms with E-state index in [0.717, 1.165) is 93.9 Å². The molecule has 4 heterocycles. The summed E-state index contributed by atoms with van der Waals surface area (Å²) < 4.78 is 166. The number of hydrogen-bond donors (Lipinski definition) is 1. The van der Waals surface area contributed by atoms with E-state index >= 15 is 0 Å². The number of alkyl halides is 9. The second kappa shape index (κ2) is 45.8. The Morgan fingerprint density at radius 1 is 0.424 bits per heavy atom. The molecular formula is C102H97BrF9N5O15. The van der Waals surface area contributed by atoms with Crippen LogP contribution in [0.1, 0.15) is 237 Å². The van der Waals surface area contributed by atoms with Gasteiger partial charge in [-0.1, -0.05) is 158 Å². The first-order valence-electron chi connectivity index (χ1n) is 42.2. The van der Waals surface area contributed by atoms with Crippen LogP contribution >= 0.6 is 15.9 Å². The molecule has 20 nitrogen and oxygen atoms in total. The molecule has 30 heteroatoms. The number of anilines is 1. The summed E-state index contributed by atoms with van der Waals surface area (Å²) in [6.45, 7) is 18.4. The predicted molar refractivity (Wildman–Crippen MR) is 479 cm³/mol. The Labute approximate surface area is 765 Å². The molecule has 4 atom stereocenters. The molecule has 0 spiro atoms. The SMILES string of the molecule is CC(=O)C[C@@H](c1ccc(OCc2ccc(C(C)(C)C)c(C(C)C)c2)cc1)c1ccon1.CC(=O)C[C@@H](c1ccc(OCc2ccc(C3=CCCC3)c(OC(F)(F)F)c2)cc1)c1ccon1.CC(=O)C[C@@H](c1ccc(OCc2ccc(OC(F)(F)F)c(Br)c2)cc1)c1ccon1.CC(=O)C[C@@H](c1ccc(OCc2cccc(NC(=O)c3ccc(C(F)(F)F)cc3)c2)cc1)c1ccon1. The lowest BCUT2D eigenvalue weighted by Crippen LogP contribution is -2.18. The van der Waals surface area contributed by atoms with Crippen molar-refractivity contribution in [3.05, 3.63) is 355 Å². The van der Waals surface area contributed by atoms with E-state index in [1.807, 2.05) is 78.9 Å². The van der Waals surface area contributed by atoms with Crippen LogP contribution in [0.3, 0.4) is 0 Å². The first kappa shape index (κ1) is 98.9. The van der Waals surface area contributed by atoms with Gasteiger partial charge in [-0.2, -0.15) is 13.2 Å². The van der Waals surface area contributed by atoms with E-state index in [4.69, 9.17) is 37.0 Å². The van der Waals surface area contributed by atoms with E-state index < -0.39 is 30.4 Å². The Morgan fingerprint density at radius 3 is 1.14 bits per heavy atom. The molecule has 0 saturated carbocycles. The van der Waals surface area contributed by atoms with Crippen molar-refractivity contribution in [2.75, 3.05) is 5.32 Å². The Balaban J connectivity index is 0.000000170. The number of benzene rings is 9. The van der Waals surface area contributed by atoms with Gasteiger partial charge < -0.3 is 51.8 Å². The normalized spacial score (nSPS) is 13.0. The third kappa shape index (κ3) is 30.2. The van der Waals surface area contributed by atoms with E-state index in [1.165, 1.54) is 81.2 Å². The van der Waals surface area contributed by atoms with Crippen LogP contribution in [0.25, 0.3) is 5.57 Å². The number of nitrogens with zero attached hydrogens (tertiary/aromatic N) is 4. The number of Topliss-reactive ketones (excluding diaryl/α,β-unsaturated/α-hetero) is 4. The molecule has 1 N–H and O–H groups in total. The Morgan fingerprint density at radius 2 is 0.795 bits per heavy atom. The lowest BCUT2D eigenvalue weighted by atomic mass is 9.80. The largest absolute Gasteiger partial charge is 0.573 e. The maximum atomic E-state index is 13.0. The number of rotatable bonds is 34. The minimum atomic E-state index is -4.77. The number of ether oxygens (including phenoxy) is 6. The monoisotopic (exact) mass is 1880 g/mol. The zero-order valence-corrected chi connectivity index (χ0v) is 75.2. The fourth-order valence-electron chi connectivity index (χ4n) is 14.7. The van der Waals surface area contributed by atoms with Gasteiger partial charge in [-0.3, -0.25) is 24.0 Å². The number of ketones is 4. The zero-order valence-electron chi connectivity index (χ0n) is 73.6. The second-order valence-electron chi connectivity index (χ2n) is 32.8. The summed E-state index contributed by atoms with van der Waals surface area (Å²) in [4.78, 5) is 59.2. The Kier molecular flexibility index (Phi) is 34.3. The van der Waals surface area contributed by atoms with Gasteiger partial charge in [-0.15, -0.1) is 26.3 Å².